The first-order valence-electron chi connectivity index (χ1n) is 7.68. The first-order chi connectivity index (χ1) is 10.6. The zero-order valence-corrected chi connectivity index (χ0v) is 13.5. The molecule has 1 aromatic rings. The van der Waals surface area contributed by atoms with E-state index in [-0.39, 0.29) is 11.7 Å². The normalized spacial score (nSPS) is 12.6. The van der Waals surface area contributed by atoms with Crippen LogP contribution in [0.2, 0.25) is 0 Å². The number of hydrogen-bond donors (Lipinski definition) is 4. The molecule has 22 heavy (non-hydrogen) atoms. The quantitative estimate of drug-likeness (QED) is 0.349. The lowest BCUT2D eigenvalue weighted by Crippen LogP contribution is -2.42. The van der Waals surface area contributed by atoms with Crippen molar-refractivity contribution >= 4 is 11.9 Å². The fourth-order valence-corrected chi connectivity index (χ4v) is 1.71. The molecule has 1 atom stereocenters. The Labute approximate surface area is 132 Å². The van der Waals surface area contributed by atoms with Gasteiger partial charge in [0, 0.05) is 24.7 Å². The molecule has 0 saturated heterocycles. The molecule has 1 amide bonds. The summed E-state index contributed by atoms with van der Waals surface area (Å²) < 4.78 is 0. The minimum atomic E-state index is -0.171. The number of nitrogens with one attached hydrogen (secondary N) is 3. The summed E-state index contributed by atoms with van der Waals surface area (Å²) in [5, 5.41) is 18.5. The standard InChI is InChI=1S/C16H26N4O2/c1-4-12(3)20-16(17-5-2)19-11-10-18-15(22)13-6-8-14(21)9-7-13/h6-9,12,21H,4-5,10-11H2,1-3H3,(H,18,22)(H2,17,19,20). The second-order valence-electron chi connectivity index (χ2n) is 5.02. The molecule has 6 heteroatoms. The van der Waals surface area contributed by atoms with Crippen molar-refractivity contribution < 1.29 is 9.90 Å². The zero-order valence-electron chi connectivity index (χ0n) is 13.5. The number of benzene rings is 1. The smallest absolute Gasteiger partial charge is 0.251 e. The van der Waals surface area contributed by atoms with Crippen LogP contribution in [0.15, 0.2) is 29.3 Å². The van der Waals surface area contributed by atoms with E-state index in [0.717, 1.165) is 18.9 Å². The van der Waals surface area contributed by atoms with Gasteiger partial charge in [-0.15, -0.1) is 0 Å². The second-order valence-corrected chi connectivity index (χ2v) is 5.02. The van der Waals surface area contributed by atoms with Gasteiger partial charge in [-0.2, -0.15) is 0 Å². The number of carbonyl (C=O) groups excluding carboxylic acids is 1. The zero-order chi connectivity index (χ0) is 16.4. The van der Waals surface area contributed by atoms with E-state index in [1.165, 1.54) is 12.1 Å². The molecule has 0 heterocycles. The average molecular weight is 306 g/mol. The van der Waals surface area contributed by atoms with E-state index in [0.29, 0.717) is 24.7 Å². The lowest BCUT2D eigenvalue weighted by atomic mass is 10.2. The summed E-state index contributed by atoms with van der Waals surface area (Å²) in [4.78, 5) is 16.3. The number of rotatable bonds is 7. The van der Waals surface area contributed by atoms with Gasteiger partial charge in [-0.05, 0) is 44.5 Å². The summed E-state index contributed by atoms with van der Waals surface area (Å²) in [6, 6.07) is 6.51. The Balaban J connectivity index is 2.42. The third kappa shape index (κ3) is 6.47. The fourth-order valence-electron chi connectivity index (χ4n) is 1.71. The predicted molar refractivity (Wildman–Crippen MR) is 89.3 cm³/mol. The van der Waals surface area contributed by atoms with E-state index in [2.05, 4.69) is 34.8 Å². The van der Waals surface area contributed by atoms with Crippen LogP contribution in [0.5, 0.6) is 5.75 Å². The highest BCUT2D eigenvalue weighted by molar-refractivity contribution is 5.94. The molecule has 4 N–H and O–H groups in total. The third-order valence-electron chi connectivity index (χ3n) is 3.14. The summed E-state index contributed by atoms with van der Waals surface area (Å²) in [5.74, 6) is 0.735. The molecule has 0 aliphatic carbocycles. The molecular weight excluding hydrogens is 280 g/mol. The minimum Gasteiger partial charge on any atom is -0.508 e. The van der Waals surface area contributed by atoms with Crippen molar-refractivity contribution in [3.05, 3.63) is 29.8 Å². The van der Waals surface area contributed by atoms with Crippen LogP contribution in [0.1, 0.15) is 37.6 Å². The van der Waals surface area contributed by atoms with E-state index >= 15 is 0 Å². The number of phenols is 1. The second kappa shape index (κ2) is 9.65. The van der Waals surface area contributed by atoms with E-state index < -0.39 is 0 Å². The van der Waals surface area contributed by atoms with Crippen molar-refractivity contribution in [2.24, 2.45) is 4.99 Å². The van der Waals surface area contributed by atoms with Gasteiger partial charge in [-0.1, -0.05) is 6.92 Å². The molecule has 0 saturated carbocycles. The molecule has 0 spiro atoms. The molecule has 1 unspecified atom stereocenters. The number of hydrogen-bond acceptors (Lipinski definition) is 3. The highest BCUT2D eigenvalue weighted by Crippen LogP contribution is 2.09. The Morgan fingerprint density at radius 3 is 2.50 bits per heavy atom. The number of carbonyl (C=O) groups is 1. The minimum absolute atomic E-state index is 0.146. The Morgan fingerprint density at radius 1 is 1.23 bits per heavy atom. The van der Waals surface area contributed by atoms with Crippen LogP contribution in [0.25, 0.3) is 0 Å². The van der Waals surface area contributed by atoms with E-state index in [9.17, 15) is 9.90 Å². The molecule has 1 aromatic carbocycles. The number of guanidine groups is 1. The van der Waals surface area contributed by atoms with Crippen LogP contribution in [0.3, 0.4) is 0 Å². The van der Waals surface area contributed by atoms with E-state index in [1.807, 2.05) is 6.92 Å². The van der Waals surface area contributed by atoms with Crippen molar-refractivity contribution in [1.29, 1.82) is 0 Å². The maximum Gasteiger partial charge on any atom is 0.251 e. The number of aromatic hydroxyl groups is 1. The Bertz CT molecular complexity index is 485. The van der Waals surface area contributed by atoms with Gasteiger partial charge in [0.15, 0.2) is 5.96 Å². The van der Waals surface area contributed by atoms with Crippen molar-refractivity contribution in [2.75, 3.05) is 19.6 Å². The van der Waals surface area contributed by atoms with Crippen molar-refractivity contribution in [3.8, 4) is 5.75 Å². The number of amides is 1. The maximum atomic E-state index is 11.9. The summed E-state index contributed by atoms with van der Waals surface area (Å²) in [7, 11) is 0. The fraction of sp³-hybridized carbons (Fsp3) is 0.500. The molecule has 6 nitrogen and oxygen atoms in total. The Hall–Kier alpha value is -2.24. The van der Waals surface area contributed by atoms with Gasteiger partial charge in [0.05, 0.1) is 6.54 Å². The molecule has 0 fully saturated rings. The van der Waals surface area contributed by atoms with Crippen LogP contribution in [-0.2, 0) is 0 Å². The van der Waals surface area contributed by atoms with Gasteiger partial charge in [-0.25, -0.2) is 0 Å². The van der Waals surface area contributed by atoms with Crippen molar-refractivity contribution in [3.63, 3.8) is 0 Å². The van der Waals surface area contributed by atoms with E-state index in [1.54, 1.807) is 12.1 Å². The summed E-state index contributed by atoms with van der Waals surface area (Å²) >= 11 is 0. The van der Waals surface area contributed by atoms with Crippen LogP contribution < -0.4 is 16.0 Å². The predicted octanol–water partition coefficient (Wildman–Crippen LogP) is 1.48. The molecular formula is C16H26N4O2. The van der Waals surface area contributed by atoms with Gasteiger partial charge in [0.1, 0.15) is 5.75 Å². The third-order valence-corrected chi connectivity index (χ3v) is 3.14. The summed E-state index contributed by atoms with van der Waals surface area (Å²) in [5.41, 5.74) is 0.520. The van der Waals surface area contributed by atoms with Crippen LogP contribution >= 0.6 is 0 Å². The molecule has 122 valence electrons. The molecule has 0 aliphatic heterocycles. The van der Waals surface area contributed by atoms with Crippen LogP contribution in [0.4, 0.5) is 0 Å². The average Bonchev–Trinajstić information content (AvgIpc) is 2.51. The maximum absolute atomic E-state index is 11.9. The van der Waals surface area contributed by atoms with Gasteiger partial charge >= 0.3 is 0 Å². The highest BCUT2D eigenvalue weighted by atomic mass is 16.3. The monoisotopic (exact) mass is 306 g/mol. The van der Waals surface area contributed by atoms with Gasteiger partial charge in [0.2, 0.25) is 0 Å². The number of aliphatic imine (C=N–C) groups is 1. The van der Waals surface area contributed by atoms with Gasteiger partial charge in [0.25, 0.3) is 5.91 Å². The first kappa shape index (κ1) is 17.8. The lowest BCUT2D eigenvalue weighted by molar-refractivity contribution is 0.0955. The van der Waals surface area contributed by atoms with Crippen molar-refractivity contribution in [2.45, 2.75) is 33.2 Å². The topological polar surface area (TPSA) is 85.8 Å². The Kier molecular flexibility index (Phi) is 7.81. The molecule has 0 radical (unpaired) electrons. The van der Waals surface area contributed by atoms with Crippen LogP contribution in [0, 0.1) is 0 Å². The molecule has 1 rings (SSSR count). The summed E-state index contributed by atoms with van der Waals surface area (Å²) in [6.07, 6.45) is 1.02. The Morgan fingerprint density at radius 2 is 1.91 bits per heavy atom. The molecule has 0 aliphatic rings. The van der Waals surface area contributed by atoms with Gasteiger partial charge in [-0.3, -0.25) is 9.79 Å². The SMILES string of the molecule is CCNC(=NCCNC(=O)c1ccc(O)cc1)NC(C)CC. The number of phenolic OH excluding ortho intramolecular Hbond substituents is 1. The van der Waals surface area contributed by atoms with Crippen molar-refractivity contribution in [1.82, 2.24) is 16.0 Å². The van der Waals surface area contributed by atoms with E-state index in [4.69, 9.17) is 0 Å². The lowest BCUT2D eigenvalue weighted by Gasteiger charge is -2.16. The molecule has 0 aromatic heterocycles. The highest BCUT2D eigenvalue weighted by Gasteiger charge is 2.05. The number of nitrogens with zero attached hydrogens (tertiary/aromatic N) is 1. The summed E-state index contributed by atoms with van der Waals surface area (Å²) in [6.45, 7) is 7.97. The molecule has 0 bridgehead atoms. The largest absolute Gasteiger partial charge is 0.508 e. The first-order valence-corrected chi connectivity index (χ1v) is 7.68. The van der Waals surface area contributed by atoms with Crippen LogP contribution in [-0.4, -0.2) is 42.6 Å². The van der Waals surface area contributed by atoms with Gasteiger partial charge < -0.3 is 21.1 Å².